The van der Waals surface area contributed by atoms with Gasteiger partial charge in [-0.3, -0.25) is 4.98 Å². The molecule has 106 valence electrons. The highest BCUT2D eigenvalue weighted by molar-refractivity contribution is 7.89. The van der Waals surface area contributed by atoms with Crippen LogP contribution in [0.4, 0.5) is 4.39 Å². The lowest BCUT2D eigenvalue weighted by Crippen LogP contribution is -2.26. The van der Waals surface area contributed by atoms with Gasteiger partial charge in [0.15, 0.2) is 0 Å². The largest absolute Gasteiger partial charge is 0.265 e. The first kappa shape index (κ1) is 14.9. The molecule has 7 heteroatoms. The molecule has 0 bridgehead atoms. The Labute approximate surface area is 121 Å². The lowest BCUT2D eigenvalue weighted by molar-refractivity contribution is 0.566. The first-order valence-corrected chi connectivity index (χ1v) is 7.63. The molecule has 2 aromatic rings. The highest BCUT2D eigenvalue weighted by Crippen LogP contribution is 2.21. The fraction of sp³-hybridized carbons (Fsp3) is 0.154. The second-order valence-electron chi connectivity index (χ2n) is 4.20. The molecule has 0 saturated carbocycles. The van der Waals surface area contributed by atoms with E-state index in [-0.39, 0.29) is 9.92 Å². The number of rotatable bonds is 4. The van der Waals surface area contributed by atoms with Gasteiger partial charge in [0.2, 0.25) is 10.0 Å². The van der Waals surface area contributed by atoms with Gasteiger partial charge in [0.1, 0.15) is 5.82 Å². The van der Waals surface area contributed by atoms with Crippen molar-refractivity contribution in [1.82, 2.24) is 9.71 Å². The van der Waals surface area contributed by atoms with Crippen LogP contribution in [0.2, 0.25) is 5.02 Å². The number of sulfonamides is 1. The predicted octanol–water partition coefficient (Wildman–Crippen LogP) is 2.91. The van der Waals surface area contributed by atoms with Crippen molar-refractivity contribution in [2.75, 3.05) is 0 Å². The van der Waals surface area contributed by atoms with Gasteiger partial charge in [0, 0.05) is 18.4 Å². The monoisotopic (exact) mass is 314 g/mol. The molecule has 1 aromatic heterocycles. The normalized spacial score (nSPS) is 13.2. The highest BCUT2D eigenvalue weighted by Gasteiger charge is 2.19. The van der Waals surface area contributed by atoms with Gasteiger partial charge in [-0.2, -0.15) is 0 Å². The highest BCUT2D eigenvalue weighted by atomic mass is 35.5. The molecule has 20 heavy (non-hydrogen) atoms. The number of benzene rings is 1. The minimum absolute atomic E-state index is 0.0789. The third-order valence-corrected chi connectivity index (χ3v) is 4.57. The minimum Gasteiger partial charge on any atom is -0.265 e. The summed E-state index contributed by atoms with van der Waals surface area (Å²) in [5, 5.41) is -0.232. The van der Waals surface area contributed by atoms with Gasteiger partial charge in [0.05, 0.1) is 9.92 Å². The second-order valence-corrected chi connectivity index (χ2v) is 6.32. The second kappa shape index (κ2) is 5.87. The molecule has 0 radical (unpaired) electrons. The molecule has 1 atom stereocenters. The Kier molecular flexibility index (Phi) is 4.37. The van der Waals surface area contributed by atoms with E-state index in [2.05, 4.69) is 9.71 Å². The summed E-state index contributed by atoms with van der Waals surface area (Å²) in [7, 11) is -3.77. The Morgan fingerprint density at radius 3 is 2.50 bits per heavy atom. The summed E-state index contributed by atoms with van der Waals surface area (Å²) in [6, 6.07) is 6.26. The average molecular weight is 315 g/mol. The Hall–Kier alpha value is -1.50. The molecule has 0 aliphatic carbocycles. The fourth-order valence-electron chi connectivity index (χ4n) is 1.66. The van der Waals surface area contributed by atoms with Crippen LogP contribution in [-0.2, 0) is 10.0 Å². The van der Waals surface area contributed by atoms with Crippen LogP contribution >= 0.6 is 11.6 Å². The Morgan fingerprint density at radius 2 is 1.90 bits per heavy atom. The zero-order chi connectivity index (χ0) is 14.8. The molecular weight excluding hydrogens is 303 g/mol. The van der Waals surface area contributed by atoms with Crippen LogP contribution in [0, 0.1) is 5.82 Å². The van der Waals surface area contributed by atoms with Crippen LogP contribution in [0.3, 0.4) is 0 Å². The molecule has 0 saturated heterocycles. The van der Waals surface area contributed by atoms with Crippen LogP contribution < -0.4 is 4.72 Å². The molecule has 0 amide bonds. The van der Waals surface area contributed by atoms with Gasteiger partial charge < -0.3 is 0 Å². The van der Waals surface area contributed by atoms with Crippen molar-refractivity contribution in [3.63, 3.8) is 0 Å². The van der Waals surface area contributed by atoms with Crippen molar-refractivity contribution in [2.24, 2.45) is 0 Å². The first-order chi connectivity index (χ1) is 9.40. The lowest BCUT2D eigenvalue weighted by Gasteiger charge is -2.14. The van der Waals surface area contributed by atoms with Gasteiger partial charge in [-0.05, 0) is 42.8 Å². The summed E-state index contributed by atoms with van der Waals surface area (Å²) < 4.78 is 39.9. The molecule has 0 aliphatic rings. The van der Waals surface area contributed by atoms with Crippen molar-refractivity contribution in [2.45, 2.75) is 17.9 Å². The van der Waals surface area contributed by atoms with E-state index in [0.717, 1.165) is 17.7 Å². The molecule has 0 aliphatic heterocycles. The Morgan fingerprint density at radius 1 is 1.25 bits per heavy atom. The van der Waals surface area contributed by atoms with Gasteiger partial charge >= 0.3 is 0 Å². The van der Waals surface area contributed by atoms with Crippen LogP contribution in [0.25, 0.3) is 0 Å². The molecule has 1 unspecified atom stereocenters. The average Bonchev–Trinajstić information content (AvgIpc) is 2.42. The summed E-state index contributed by atoms with van der Waals surface area (Å²) in [6.45, 7) is 1.71. The standard InChI is InChI=1S/C13H12ClFN2O2S/c1-9(10-4-6-16-7-5-10)17-20(18,19)11-2-3-13(15)12(14)8-11/h2-9,17H,1H3. The SMILES string of the molecule is CC(NS(=O)(=O)c1ccc(F)c(Cl)c1)c1ccncc1. The maximum absolute atomic E-state index is 13.1. The van der Waals surface area contributed by atoms with Crippen molar-refractivity contribution in [3.05, 3.63) is 59.1 Å². The molecule has 0 fully saturated rings. The number of halogens is 2. The summed E-state index contributed by atoms with van der Waals surface area (Å²) in [6.07, 6.45) is 3.16. The minimum atomic E-state index is -3.77. The van der Waals surface area contributed by atoms with E-state index in [1.165, 1.54) is 6.07 Å². The number of hydrogen-bond donors (Lipinski definition) is 1. The Balaban J connectivity index is 2.25. The number of nitrogens with zero attached hydrogens (tertiary/aromatic N) is 1. The molecule has 1 heterocycles. The summed E-state index contributed by atoms with van der Waals surface area (Å²) in [5.74, 6) is -0.659. The smallest absolute Gasteiger partial charge is 0.241 e. The van der Waals surface area contributed by atoms with Gasteiger partial charge in [0.25, 0.3) is 0 Å². The van der Waals surface area contributed by atoms with Gasteiger partial charge in [-0.1, -0.05) is 11.6 Å². The summed E-state index contributed by atoms with van der Waals surface area (Å²) >= 11 is 5.60. The number of hydrogen-bond acceptors (Lipinski definition) is 3. The molecular formula is C13H12ClFN2O2S. The molecule has 1 N–H and O–H groups in total. The number of aromatic nitrogens is 1. The van der Waals surface area contributed by atoms with E-state index >= 15 is 0 Å². The molecule has 1 aromatic carbocycles. The van der Waals surface area contributed by atoms with E-state index in [1.807, 2.05) is 0 Å². The van der Waals surface area contributed by atoms with Crippen molar-refractivity contribution in [1.29, 1.82) is 0 Å². The lowest BCUT2D eigenvalue weighted by atomic mass is 10.1. The molecule has 4 nitrogen and oxygen atoms in total. The van der Waals surface area contributed by atoms with Crippen molar-refractivity contribution in [3.8, 4) is 0 Å². The fourth-order valence-corrected chi connectivity index (χ4v) is 3.17. The Bertz CT molecular complexity index is 708. The topological polar surface area (TPSA) is 59.1 Å². The van der Waals surface area contributed by atoms with Crippen molar-refractivity contribution < 1.29 is 12.8 Å². The maximum Gasteiger partial charge on any atom is 0.241 e. The van der Waals surface area contributed by atoms with E-state index in [0.29, 0.717) is 0 Å². The van der Waals surface area contributed by atoms with E-state index in [1.54, 1.807) is 31.5 Å². The predicted molar refractivity (Wildman–Crippen MR) is 74.4 cm³/mol. The molecule has 2 rings (SSSR count). The number of nitrogens with one attached hydrogen (secondary N) is 1. The third-order valence-electron chi connectivity index (χ3n) is 2.74. The van der Waals surface area contributed by atoms with Crippen LogP contribution in [0.1, 0.15) is 18.5 Å². The van der Waals surface area contributed by atoms with E-state index < -0.39 is 21.9 Å². The molecule has 0 spiro atoms. The summed E-state index contributed by atoms with van der Waals surface area (Å²) in [5.41, 5.74) is 0.775. The van der Waals surface area contributed by atoms with Crippen LogP contribution in [0.15, 0.2) is 47.6 Å². The van der Waals surface area contributed by atoms with Crippen LogP contribution in [-0.4, -0.2) is 13.4 Å². The van der Waals surface area contributed by atoms with Gasteiger partial charge in [-0.15, -0.1) is 0 Å². The van der Waals surface area contributed by atoms with E-state index in [9.17, 15) is 12.8 Å². The van der Waals surface area contributed by atoms with Crippen LogP contribution in [0.5, 0.6) is 0 Å². The van der Waals surface area contributed by atoms with Gasteiger partial charge in [-0.25, -0.2) is 17.5 Å². The number of pyridine rings is 1. The van der Waals surface area contributed by atoms with E-state index in [4.69, 9.17) is 11.6 Å². The van der Waals surface area contributed by atoms with Crippen molar-refractivity contribution >= 4 is 21.6 Å². The third kappa shape index (κ3) is 3.33. The maximum atomic E-state index is 13.1. The zero-order valence-corrected chi connectivity index (χ0v) is 12.1. The summed E-state index contributed by atoms with van der Waals surface area (Å²) in [4.78, 5) is 3.79. The first-order valence-electron chi connectivity index (χ1n) is 5.77. The quantitative estimate of drug-likeness (QED) is 0.944. The zero-order valence-electron chi connectivity index (χ0n) is 10.5.